The van der Waals surface area contributed by atoms with Gasteiger partial charge in [0.1, 0.15) is 17.2 Å². The maximum absolute atomic E-state index is 9.44. The zero-order valence-corrected chi connectivity index (χ0v) is 11.2. The summed E-state index contributed by atoms with van der Waals surface area (Å²) in [5, 5.41) is 9.44. The minimum absolute atomic E-state index is 0.463. The van der Waals surface area contributed by atoms with Gasteiger partial charge in [0, 0.05) is 6.07 Å². The zero-order valence-electron chi connectivity index (χ0n) is 11.2. The lowest BCUT2D eigenvalue weighted by molar-refractivity contribution is 0.199. The second-order valence-corrected chi connectivity index (χ2v) is 4.25. The summed E-state index contributed by atoms with van der Waals surface area (Å²) in [6, 6.07) is 14.9. The number of ether oxygens (including phenoxy) is 2. The quantitative estimate of drug-likeness (QED) is 0.883. The molecule has 0 saturated heterocycles. The van der Waals surface area contributed by atoms with E-state index in [1.54, 1.807) is 6.92 Å². The van der Waals surface area contributed by atoms with Gasteiger partial charge in [0.25, 0.3) is 0 Å². The van der Waals surface area contributed by atoms with Crippen LogP contribution in [-0.2, 0) is 0 Å². The molecule has 0 spiro atoms. The molecule has 0 fully saturated rings. The molecule has 0 aliphatic heterocycles. The van der Waals surface area contributed by atoms with Crippen LogP contribution in [0.2, 0.25) is 0 Å². The van der Waals surface area contributed by atoms with E-state index in [0.29, 0.717) is 6.61 Å². The summed E-state index contributed by atoms with van der Waals surface area (Å²) < 4.78 is 11.2. The van der Waals surface area contributed by atoms with E-state index in [1.165, 1.54) is 0 Å². The van der Waals surface area contributed by atoms with Gasteiger partial charge >= 0.3 is 0 Å². The molecule has 0 aromatic heterocycles. The van der Waals surface area contributed by atoms with Crippen LogP contribution in [-0.4, -0.2) is 11.7 Å². The van der Waals surface area contributed by atoms with Crippen LogP contribution in [0.5, 0.6) is 17.2 Å². The molecule has 1 atom stereocenters. The van der Waals surface area contributed by atoms with E-state index < -0.39 is 6.10 Å². The van der Waals surface area contributed by atoms with Crippen molar-refractivity contribution >= 4 is 0 Å². The topological polar surface area (TPSA) is 38.7 Å². The van der Waals surface area contributed by atoms with Crippen molar-refractivity contribution in [3.8, 4) is 17.2 Å². The van der Waals surface area contributed by atoms with Crippen molar-refractivity contribution in [2.45, 2.75) is 20.0 Å². The highest BCUT2D eigenvalue weighted by molar-refractivity contribution is 5.37. The maximum atomic E-state index is 9.44. The second-order valence-electron chi connectivity index (χ2n) is 4.25. The standard InChI is InChI=1S/C16H18O3/c1-3-18-15-5-4-6-16(11-15)19-14-9-7-13(8-10-14)12(2)17/h4-12,17H,3H2,1-2H3/t12-/m0/s1. The van der Waals surface area contributed by atoms with Gasteiger partial charge in [-0.1, -0.05) is 18.2 Å². The van der Waals surface area contributed by atoms with Crippen LogP contribution < -0.4 is 9.47 Å². The highest BCUT2D eigenvalue weighted by Crippen LogP contribution is 2.26. The number of aliphatic hydroxyl groups is 1. The summed E-state index contributed by atoms with van der Waals surface area (Å²) in [7, 11) is 0. The van der Waals surface area contributed by atoms with E-state index in [9.17, 15) is 5.11 Å². The van der Waals surface area contributed by atoms with Crippen molar-refractivity contribution in [1.29, 1.82) is 0 Å². The molecule has 0 heterocycles. The fourth-order valence-electron chi connectivity index (χ4n) is 1.74. The third-order valence-electron chi connectivity index (χ3n) is 2.71. The molecule has 3 nitrogen and oxygen atoms in total. The van der Waals surface area contributed by atoms with Crippen molar-refractivity contribution in [2.75, 3.05) is 6.61 Å². The van der Waals surface area contributed by atoms with Crippen LogP contribution in [0, 0.1) is 0 Å². The highest BCUT2D eigenvalue weighted by atomic mass is 16.5. The molecule has 0 saturated carbocycles. The average Bonchev–Trinajstić information content (AvgIpc) is 2.40. The maximum Gasteiger partial charge on any atom is 0.131 e. The van der Waals surface area contributed by atoms with E-state index in [4.69, 9.17) is 9.47 Å². The van der Waals surface area contributed by atoms with Crippen LogP contribution in [0.25, 0.3) is 0 Å². The van der Waals surface area contributed by atoms with Gasteiger partial charge < -0.3 is 14.6 Å². The monoisotopic (exact) mass is 258 g/mol. The molecule has 0 aliphatic rings. The Labute approximate surface area is 113 Å². The fourth-order valence-corrected chi connectivity index (χ4v) is 1.74. The van der Waals surface area contributed by atoms with Crippen molar-refractivity contribution in [3.63, 3.8) is 0 Å². The molecule has 0 aliphatic carbocycles. The predicted octanol–water partition coefficient (Wildman–Crippen LogP) is 3.93. The number of aliphatic hydroxyl groups excluding tert-OH is 1. The normalized spacial score (nSPS) is 11.9. The Kier molecular flexibility index (Phi) is 4.42. The second kappa shape index (κ2) is 6.25. The smallest absolute Gasteiger partial charge is 0.131 e. The van der Waals surface area contributed by atoms with Crippen molar-refractivity contribution < 1.29 is 14.6 Å². The molecule has 0 unspecified atom stereocenters. The van der Waals surface area contributed by atoms with Gasteiger partial charge in [0.2, 0.25) is 0 Å². The fraction of sp³-hybridized carbons (Fsp3) is 0.250. The lowest BCUT2D eigenvalue weighted by Crippen LogP contribution is -1.92. The van der Waals surface area contributed by atoms with Crippen LogP contribution in [0.3, 0.4) is 0 Å². The molecule has 0 radical (unpaired) electrons. The Morgan fingerprint density at radius 3 is 2.32 bits per heavy atom. The van der Waals surface area contributed by atoms with Crippen LogP contribution in [0.4, 0.5) is 0 Å². The molecule has 0 bridgehead atoms. The molecule has 2 rings (SSSR count). The van der Waals surface area contributed by atoms with E-state index >= 15 is 0 Å². The summed E-state index contributed by atoms with van der Waals surface area (Å²) in [6.07, 6.45) is -0.463. The third-order valence-corrected chi connectivity index (χ3v) is 2.71. The highest BCUT2D eigenvalue weighted by Gasteiger charge is 2.02. The summed E-state index contributed by atoms with van der Waals surface area (Å²) in [5.74, 6) is 2.26. The Hall–Kier alpha value is -2.00. The number of rotatable bonds is 5. The third kappa shape index (κ3) is 3.73. The van der Waals surface area contributed by atoms with Gasteiger partial charge in [-0.3, -0.25) is 0 Å². The Bertz CT molecular complexity index is 518. The summed E-state index contributed by atoms with van der Waals surface area (Å²) in [6.45, 7) is 4.32. The van der Waals surface area contributed by atoms with Gasteiger partial charge in [-0.25, -0.2) is 0 Å². The Morgan fingerprint density at radius 1 is 1.00 bits per heavy atom. The first-order valence-corrected chi connectivity index (χ1v) is 6.38. The Morgan fingerprint density at radius 2 is 1.68 bits per heavy atom. The summed E-state index contributed by atoms with van der Waals surface area (Å²) in [4.78, 5) is 0. The first-order valence-electron chi connectivity index (χ1n) is 6.38. The molecular weight excluding hydrogens is 240 g/mol. The Balaban J connectivity index is 2.10. The molecule has 100 valence electrons. The van der Waals surface area contributed by atoms with E-state index in [0.717, 1.165) is 22.8 Å². The number of benzene rings is 2. The summed E-state index contributed by atoms with van der Waals surface area (Å²) >= 11 is 0. The lowest BCUT2D eigenvalue weighted by Gasteiger charge is -2.09. The SMILES string of the molecule is CCOc1cccc(Oc2ccc([C@H](C)O)cc2)c1. The van der Waals surface area contributed by atoms with Crippen molar-refractivity contribution in [1.82, 2.24) is 0 Å². The largest absolute Gasteiger partial charge is 0.494 e. The molecule has 3 heteroatoms. The first kappa shape index (κ1) is 13.4. The number of hydrogen-bond acceptors (Lipinski definition) is 3. The molecule has 1 N–H and O–H groups in total. The zero-order chi connectivity index (χ0) is 13.7. The predicted molar refractivity (Wildman–Crippen MR) is 74.8 cm³/mol. The molecule has 19 heavy (non-hydrogen) atoms. The molecular formula is C16H18O3. The minimum Gasteiger partial charge on any atom is -0.494 e. The summed E-state index contributed by atoms with van der Waals surface area (Å²) in [5.41, 5.74) is 0.871. The van der Waals surface area contributed by atoms with E-state index in [1.807, 2.05) is 55.5 Å². The minimum atomic E-state index is -0.463. The van der Waals surface area contributed by atoms with Crippen LogP contribution in [0.1, 0.15) is 25.5 Å². The van der Waals surface area contributed by atoms with Gasteiger partial charge in [0.05, 0.1) is 12.7 Å². The van der Waals surface area contributed by atoms with Crippen molar-refractivity contribution in [2.24, 2.45) is 0 Å². The van der Waals surface area contributed by atoms with Gasteiger partial charge in [-0.15, -0.1) is 0 Å². The molecule has 2 aromatic rings. The van der Waals surface area contributed by atoms with E-state index in [-0.39, 0.29) is 0 Å². The molecule has 0 amide bonds. The van der Waals surface area contributed by atoms with Crippen molar-refractivity contribution in [3.05, 3.63) is 54.1 Å². The first-order chi connectivity index (χ1) is 9.19. The van der Waals surface area contributed by atoms with Gasteiger partial charge in [0.15, 0.2) is 0 Å². The average molecular weight is 258 g/mol. The van der Waals surface area contributed by atoms with Crippen LogP contribution in [0.15, 0.2) is 48.5 Å². The number of hydrogen-bond donors (Lipinski definition) is 1. The lowest BCUT2D eigenvalue weighted by atomic mass is 10.1. The van der Waals surface area contributed by atoms with Crippen LogP contribution >= 0.6 is 0 Å². The van der Waals surface area contributed by atoms with E-state index in [2.05, 4.69) is 0 Å². The van der Waals surface area contributed by atoms with Gasteiger partial charge in [-0.2, -0.15) is 0 Å². The molecule has 2 aromatic carbocycles. The van der Waals surface area contributed by atoms with Gasteiger partial charge in [-0.05, 0) is 43.7 Å².